The van der Waals surface area contributed by atoms with E-state index in [1.807, 2.05) is 22.9 Å². The monoisotopic (exact) mass is 227 g/mol. The van der Waals surface area contributed by atoms with Gasteiger partial charge in [0.15, 0.2) is 6.23 Å². The van der Waals surface area contributed by atoms with Crippen molar-refractivity contribution in [2.75, 3.05) is 6.61 Å². The normalized spacial score (nSPS) is 20.3. The van der Waals surface area contributed by atoms with E-state index in [1.165, 1.54) is 6.42 Å². The van der Waals surface area contributed by atoms with Crippen LogP contribution in [0.2, 0.25) is 0 Å². The lowest BCUT2D eigenvalue weighted by Crippen LogP contribution is -2.18. The van der Waals surface area contributed by atoms with E-state index in [2.05, 4.69) is 11.2 Å². The zero-order chi connectivity index (χ0) is 11.7. The average Bonchev–Trinajstić information content (AvgIpc) is 2.83. The van der Waals surface area contributed by atoms with E-state index in [-0.39, 0.29) is 6.23 Å². The second kappa shape index (κ2) is 4.19. The number of fused-ring (bicyclic) bond motifs is 1. The average molecular weight is 227 g/mol. The molecule has 0 bridgehead atoms. The van der Waals surface area contributed by atoms with Crippen LogP contribution in [0.1, 0.15) is 31.1 Å². The van der Waals surface area contributed by atoms with Gasteiger partial charge in [-0.3, -0.25) is 0 Å². The highest BCUT2D eigenvalue weighted by Gasteiger charge is 2.18. The molecule has 0 aliphatic carbocycles. The first kappa shape index (κ1) is 10.3. The largest absolute Gasteiger partial charge is 0.356 e. The molecule has 0 saturated carbocycles. The second-order valence-corrected chi connectivity index (χ2v) is 4.26. The molecule has 1 unspecified atom stereocenters. The van der Waals surface area contributed by atoms with Crippen LogP contribution in [0, 0.1) is 11.3 Å². The van der Waals surface area contributed by atoms with Crippen LogP contribution in [0.25, 0.3) is 10.9 Å². The van der Waals surface area contributed by atoms with Crippen molar-refractivity contribution in [1.82, 2.24) is 9.78 Å². The quantitative estimate of drug-likeness (QED) is 0.752. The molecule has 1 atom stereocenters. The Morgan fingerprint density at radius 2 is 2.35 bits per heavy atom. The van der Waals surface area contributed by atoms with Crippen LogP contribution in [-0.4, -0.2) is 16.4 Å². The van der Waals surface area contributed by atoms with Gasteiger partial charge in [-0.25, -0.2) is 4.68 Å². The van der Waals surface area contributed by atoms with Crippen LogP contribution < -0.4 is 0 Å². The van der Waals surface area contributed by atoms with E-state index in [1.54, 1.807) is 6.20 Å². The minimum Gasteiger partial charge on any atom is -0.356 e. The Kier molecular flexibility index (Phi) is 2.54. The van der Waals surface area contributed by atoms with Gasteiger partial charge >= 0.3 is 0 Å². The first-order chi connectivity index (χ1) is 8.40. The van der Waals surface area contributed by atoms with E-state index in [0.29, 0.717) is 5.56 Å². The SMILES string of the molecule is N#Cc1cccc2c1cnn2C1CCCCO1. The van der Waals surface area contributed by atoms with Crippen molar-refractivity contribution in [3.05, 3.63) is 30.0 Å². The van der Waals surface area contributed by atoms with Crippen molar-refractivity contribution >= 4 is 10.9 Å². The number of benzene rings is 1. The van der Waals surface area contributed by atoms with Gasteiger partial charge < -0.3 is 4.74 Å². The van der Waals surface area contributed by atoms with Crippen molar-refractivity contribution in [3.63, 3.8) is 0 Å². The zero-order valence-corrected chi connectivity index (χ0v) is 9.47. The standard InChI is InChI=1S/C13H13N3O/c14-8-10-4-3-5-12-11(10)9-15-16(12)13-6-1-2-7-17-13/h3-5,9,13H,1-2,6-7H2. The Bertz CT molecular complexity index is 576. The summed E-state index contributed by atoms with van der Waals surface area (Å²) in [6, 6.07) is 7.89. The molecule has 2 heterocycles. The third-order valence-corrected chi connectivity index (χ3v) is 3.19. The zero-order valence-electron chi connectivity index (χ0n) is 9.47. The molecule has 1 aliphatic rings. The molecule has 3 rings (SSSR count). The number of nitriles is 1. The van der Waals surface area contributed by atoms with Crippen LogP contribution in [0.5, 0.6) is 0 Å². The van der Waals surface area contributed by atoms with Gasteiger partial charge in [0.25, 0.3) is 0 Å². The minimum atomic E-state index is 0.0233. The Morgan fingerprint density at radius 1 is 1.41 bits per heavy atom. The Labute approximate surface area is 99.4 Å². The van der Waals surface area contributed by atoms with Crippen LogP contribution >= 0.6 is 0 Å². The fourth-order valence-corrected chi connectivity index (χ4v) is 2.31. The lowest BCUT2D eigenvalue weighted by Gasteiger charge is -2.23. The molecule has 1 aromatic carbocycles. The summed E-state index contributed by atoms with van der Waals surface area (Å²) in [6.07, 6.45) is 5.07. The maximum atomic E-state index is 9.04. The molecule has 86 valence electrons. The number of rotatable bonds is 1. The van der Waals surface area contributed by atoms with Gasteiger partial charge in [-0.2, -0.15) is 10.4 Å². The van der Waals surface area contributed by atoms with Crippen molar-refractivity contribution in [2.24, 2.45) is 0 Å². The Morgan fingerprint density at radius 3 is 3.12 bits per heavy atom. The minimum absolute atomic E-state index is 0.0233. The summed E-state index contributed by atoms with van der Waals surface area (Å²) in [5.41, 5.74) is 1.65. The van der Waals surface area contributed by atoms with Crippen LogP contribution in [0.3, 0.4) is 0 Å². The van der Waals surface area contributed by atoms with Crippen LogP contribution in [-0.2, 0) is 4.74 Å². The van der Waals surface area contributed by atoms with E-state index in [0.717, 1.165) is 30.4 Å². The first-order valence-electron chi connectivity index (χ1n) is 5.88. The number of aromatic nitrogens is 2. The summed E-state index contributed by atoms with van der Waals surface area (Å²) >= 11 is 0. The highest BCUT2D eigenvalue weighted by molar-refractivity contribution is 5.84. The lowest BCUT2D eigenvalue weighted by atomic mass is 10.1. The highest BCUT2D eigenvalue weighted by Crippen LogP contribution is 2.27. The summed E-state index contributed by atoms with van der Waals surface area (Å²) in [6.45, 7) is 0.796. The van der Waals surface area contributed by atoms with Gasteiger partial charge in [-0.15, -0.1) is 0 Å². The molecular formula is C13H13N3O. The molecule has 1 aromatic heterocycles. The predicted octanol–water partition coefficient (Wildman–Crippen LogP) is 2.61. The summed E-state index contributed by atoms with van der Waals surface area (Å²) in [7, 11) is 0. The van der Waals surface area contributed by atoms with Gasteiger partial charge in [-0.05, 0) is 31.4 Å². The van der Waals surface area contributed by atoms with Crippen LogP contribution in [0.15, 0.2) is 24.4 Å². The number of ether oxygens (including phenoxy) is 1. The molecular weight excluding hydrogens is 214 g/mol. The van der Waals surface area contributed by atoms with Crippen molar-refractivity contribution in [3.8, 4) is 6.07 Å². The first-order valence-corrected chi connectivity index (χ1v) is 5.88. The van der Waals surface area contributed by atoms with E-state index < -0.39 is 0 Å². The summed E-state index contributed by atoms with van der Waals surface area (Å²) in [5.74, 6) is 0. The van der Waals surface area contributed by atoms with E-state index in [9.17, 15) is 0 Å². The van der Waals surface area contributed by atoms with Gasteiger partial charge in [0, 0.05) is 12.0 Å². The molecule has 4 heteroatoms. The highest BCUT2D eigenvalue weighted by atomic mass is 16.5. The Hall–Kier alpha value is -1.86. The molecule has 17 heavy (non-hydrogen) atoms. The predicted molar refractivity (Wildman–Crippen MR) is 63.3 cm³/mol. The molecule has 0 N–H and O–H groups in total. The molecule has 0 amide bonds. The van der Waals surface area contributed by atoms with Crippen LogP contribution in [0.4, 0.5) is 0 Å². The van der Waals surface area contributed by atoms with Crippen molar-refractivity contribution < 1.29 is 4.74 Å². The molecule has 1 saturated heterocycles. The Balaban J connectivity index is 2.09. The van der Waals surface area contributed by atoms with E-state index in [4.69, 9.17) is 10.00 Å². The summed E-state index contributed by atoms with van der Waals surface area (Å²) in [5, 5.41) is 14.3. The number of nitrogens with zero attached hydrogens (tertiary/aromatic N) is 3. The fourth-order valence-electron chi connectivity index (χ4n) is 2.31. The van der Waals surface area contributed by atoms with E-state index >= 15 is 0 Å². The summed E-state index contributed by atoms with van der Waals surface area (Å²) in [4.78, 5) is 0. The van der Waals surface area contributed by atoms with Gasteiger partial charge in [0.2, 0.25) is 0 Å². The topological polar surface area (TPSA) is 50.8 Å². The summed E-state index contributed by atoms with van der Waals surface area (Å²) < 4.78 is 7.62. The molecule has 1 aliphatic heterocycles. The maximum Gasteiger partial charge on any atom is 0.150 e. The van der Waals surface area contributed by atoms with Gasteiger partial charge in [0.1, 0.15) is 0 Å². The molecule has 0 radical (unpaired) electrons. The molecule has 2 aromatic rings. The number of hydrogen-bond donors (Lipinski definition) is 0. The maximum absolute atomic E-state index is 9.04. The van der Waals surface area contributed by atoms with Crippen molar-refractivity contribution in [2.45, 2.75) is 25.5 Å². The van der Waals surface area contributed by atoms with Gasteiger partial charge in [-0.1, -0.05) is 6.07 Å². The molecule has 0 spiro atoms. The lowest BCUT2D eigenvalue weighted by molar-refractivity contribution is -0.0366. The van der Waals surface area contributed by atoms with Gasteiger partial charge in [0.05, 0.1) is 23.3 Å². The number of hydrogen-bond acceptors (Lipinski definition) is 3. The third kappa shape index (κ3) is 1.69. The third-order valence-electron chi connectivity index (χ3n) is 3.19. The van der Waals surface area contributed by atoms with Crippen molar-refractivity contribution in [1.29, 1.82) is 5.26 Å². The molecule has 1 fully saturated rings. The molecule has 4 nitrogen and oxygen atoms in total. The fraction of sp³-hybridized carbons (Fsp3) is 0.385. The smallest absolute Gasteiger partial charge is 0.150 e. The second-order valence-electron chi connectivity index (χ2n) is 4.26.